The Labute approximate surface area is 140 Å². The summed E-state index contributed by atoms with van der Waals surface area (Å²) in [6.07, 6.45) is 1.56. The number of benzene rings is 2. The van der Waals surface area contributed by atoms with Crippen molar-refractivity contribution in [3.05, 3.63) is 59.1 Å². The Morgan fingerprint density at radius 2 is 1.87 bits per heavy atom. The van der Waals surface area contributed by atoms with Gasteiger partial charge >= 0.3 is 0 Å². The van der Waals surface area contributed by atoms with Crippen LogP contribution in [0.2, 0.25) is 5.02 Å². The van der Waals surface area contributed by atoms with Gasteiger partial charge in [0.1, 0.15) is 5.75 Å². The number of Topliss-reactive ketones (excluding diaryl/α,β-unsaturated/α-hetero) is 1. The number of methoxy groups -OCH3 is 1. The molecule has 0 bridgehead atoms. The van der Waals surface area contributed by atoms with Crippen molar-refractivity contribution in [2.24, 2.45) is 0 Å². The van der Waals surface area contributed by atoms with E-state index in [4.69, 9.17) is 16.3 Å². The minimum absolute atomic E-state index is 0.207. The third-order valence-electron chi connectivity index (χ3n) is 3.36. The van der Waals surface area contributed by atoms with E-state index in [0.717, 1.165) is 17.7 Å². The second kappa shape index (κ2) is 8.34. The van der Waals surface area contributed by atoms with Gasteiger partial charge in [0, 0.05) is 17.1 Å². The lowest BCUT2D eigenvalue weighted by molar-refractivity contribution is -0.134. The topological polar surface area (TPSA) is 55.4 Å². The molecular formula is C18H18ClNO3. The largest absolute Gasteiger partial charge is 0.497 e. The fourth-order valence-electron chi connectivity index (χ4n) is 2.13. The summed E-state index contributed by atoms with van der Waals surface area (Å²) in [4.78, 5) is 23.7. The first kappa shape index (κ1) is 17.0. The average Bonchev–Trinajstić information content (AvgIpc) is 2.55. The van der Waals surface area contributed by atoms with Gasteiger partial charge in [-0.3, -0.25) is 9.59 Å². The molecule has 0 radical (unpaired) electrons. The number of hydrogen-bond acceptors (Lipinski definition) is 3. The third kappa shape index (κ3) is 5.42. The molecule has 0 atom stereocenters. The van der Waals surface area contributed by atoms with Crippen molar-refractivity contribution in [2.75, 3.05) is 12.4 Å². The molecule has 2 aromatic carbocycles. The van der Waals surface area contributed by atoms with Crippen molar-refractivity contribution in [1.82, 2.24) is 0 Å². The number of ketones is 1. The molecular weight excluding hydrogens is 314 g/mol. The minimum atomic E-state index is -0.609. The van der Waals surface area contributed by atoms with Gasteiger partial charge in [0.15, 0.2) is 0 Å². The van der Waals surface area contributed by atoms with E-state index in [2.05, 4.69) is 5.32 Å². The van der Waals surface area contributed by atoms with E-state index >= 15 is 0 Å². The highest BCUT2D eigenvalue weighted by Gasteiger charge is 2.13. The molecule has 2 rings (SSSR count). The van der Waals surface area contributed by atoms with Crippen LogP contribution in [0.1, 0.15) is 18.4 Å². The monoisotopic (exact) mass is 331 g/mol. The Kier molecular flexibility index (Phi) is 6.18. The second-order valence-corrected chi connectivity index (χ2v) is 5.53. The van der Waals surface area contributed by atoms with Gasteiger partial charge in [0.2, 0.25) is 5.78 Å². The van der Waals surface area contributed by atoms with Crippen LogP contribution < -0.4 is 10.1 Å². The molecule has 0 aromatic heterocycles. The maximum atomic E-state index is 11.9. The van der Waals surface area contributed by atoms with Gasteiger partial charge in [-0.25, -0.2) is 0 Å². The number of carbonyl (C=O) groups is 2. The number of ether oxygens (including phenoxy) is 1. The first-order valence-electron chi connectivity index (χ1n) is 7.31. The van der Waals surface area contributed by atoms with Crippen LogP contribution in [0, 0.1) is 0 Å². The van der Waals surface area contributed by atoms with Crippen molar-refractivity contribution < 1.29 is 14.3 Å². The summed E-state index contributed by atoms with van der Waals surface area (Å²) in [5.74, 6) is -0.244. The first-order valence-corrected chi connectivity index (χ1v) is 7.69. The number of rotatable bonds is 7. The fourth-order valence-corrected chi connectivity index (χ4v) is 2.32. The van der Waals surface area contributed by atoms with Crippen LogP contribution in [-0.2, 0) is 16.0 Å². The van der Waals surface area contributed by atoms with Gasteiger partial charge in [-0.15, -0.1) is 0 Å². The molecule has 0 aliphatic rings. The molecule has 0 aliphatic heterocycles. The Bertz CT molecular complexity index is 683. The minimum Gasteiger partial charge on any atom is -0.497 e. The maximum absolute atomic E-state index is 11.9. The van der Waals surface area contributed by atoms with Crippen LogP contribution in [-0.4, -0.2) is 18.8 Å². The number of amides is 1. The Morgan fingerprint density at radius 3 is 2.52 bits per heavy atom. The quantitative estimate of drug-likeness (QED) is 0.783. The van der Waals surface area contributed by atoms with Crippen LogP contribution in [0.15, 0.2) is 48.5 Å². The summed E-state index contributed by atoms with van der Waals surface area (Å²) in [5.41, 5.74) is 1.62. The molecule has 23 heavy (non-hydrogen) atoms. The lowest BCUT2D eigenvalue weighted by Gasteiger charge is -2.05. The lowest BCUT2D eigenvalue weighted by atomic mass is 10.1. The molecule has 0 spiro atoms. The van der Waals surface area contributed by atoms with Crippen molar-refractivity contribution in [3.63, 3.8) is 0 Å². The summed E-state index contributed by atoms with van der Waals surface area (Å²) >= 11 is 5.84. The van der Waals surface area contributed by atoms with E-state index in [1.807, 2.05) is 24.3 Å². The molecule has 120 valence electrons. The molecule has 0 aliphatic carbocycles. The lowest BCUT2D eigenvalue weighted by Crippen LogP contribution is -2.22. The highest BCUT2D eigenvalue weighted by molar-refractivity contribution is 6.40. The van der Waals surface area contributed by atoms with E-state index in [9.17, 15) is 9.59 Å². The molecule has 5 heteroatoms. The van der Waals surface area contributed by atoms with Crippen LogP contribution in [0.5, 0.6) is 5.75 Å². The summed E-state index contributed by atoms with van der Waals surface area (Å²) in [6.45, 7) is 0. The van der Waals surface area contributed by atoms with Crippen LogP contribution >= 0.6 is 11.6 Å². The van der Waals surface area contributed by atoms with Crippen molar-refractivity contribution >= 4 is 29.0 Å². The smallest absolute Gasteiger partial charge is 0.291 e. The van der Waals surface area contributed by atoms with Gasteiger partial charge in [-0.1, -0.05) is 29.8 Å². The van der Waals surface area contributed by atoms with E-state index < -0.39 is 11.7 Å². The first-order chi connectivity index (χ1) is 11.1. The van der Waals surface area contributed by atoms with E-state index in [-0.39, 0.29) is 6.42 Å². The van der Waals surface area contributed by atoms with Crippen molar-refractivity contribution in [1.29, 1.82) is 0 Å². The van der Waals surface area contributed by atoms with Gasteiger partial charge in [0.25, 0.3) is 5.91 Å². The van der Waals surface area contributed by atoms with E-state index in [0.29, 0.717) is 17.1 Å². The van der Waals surface area contributed by atoms with Crippen molar-refractivity contribution in [2.45, 2.75) is 19.3 Å². The standard InChI is InChI=1S/C18H18ClNO3/c1-23-16-10-8-13(9-11-16)4-2-7-17(21)18(22)20-15-6-3-5-14(19)12-15/h3,5-6,8-12H,2,4,7H2,1H3,(H,20,22). The molecule has 0 heterocycles. The van der Waals surface area contributed by atoms with E-state index in [1.165, 1.54) is 0 Å². The number of nitrogens with one attached hydrogen (secondary N) is 1. The summed E-state index contributed by atoms with van der Waals surface area (Å²) < 4.78 is 5.09. The zero-order valence-corrected chi connectivity index (χ0v) is 13.6. The highest BCUT2D eigenvalue weighted by atomic mass is 35.5. The SMILES string of the molecule is COc1ccc(CCCC(=O)C(=O)Nc2cccc(Cl)c2)cc1. The van der Waals surface area contributed by atoms with Gasteiger partial charge in [0.05, 0.1) is 7.11 Å². The third-order valence-corrected chi connectivity index (χ3v) is 3.60. The summed E-state index contributed by atoms with van der Waals surface area (Å²) in [6, 6.07) is 14.4. The predicted molar refractivity (Wildman–Crippen MR) is 91.0 cm³/mol. The summed E-state index contributed by atoms with van der Waals surface area (Å²) in [7, 11) is 1.62. The average molecular weight is 332 g/mol. The molecule has 4 nitrogen and oxygen atoms in total. The van der Waals surface area contributed by atoms with Crippen LogP contribution in [0.25, 0.3) is 0 Å². The highest BCUT2D eigenvalue weighted by Crippen LogP contribution is 2.16. The second-order valence-electron chi connectivity index (χ2n) is 5.09. The Morgan fingerprint density at radius 1 is 1.13 bits per heavy atom. The van der Waals surface area contributed by atoms with Gasteiger partial charge in [-0.2, -0.15) is 0 Å². The predicted octanol–water partition coefficient (Wildman–Crippen LogP) is 3.88. The number of carbonyl (C=O) groups excluding carboxylic acids is 2. The van der Waals surface area contributed by atoms with Gasteiger partial charge in [-0.05, 0) is 48.7 Å². The molecule has 0 saturated carbocycles. The number of aryl methyl sites for hydroxylation is 1. The van der Waals surface area contributed by atoms with Gasteiger partial charge < -0.3 is 10.1 Å². The molecule has 0 saturated heterocycles. The molecule has 0 unspecified atom stereocenters. The van der Waals surface area contributed by atoms with Crippen LogP contribution in [0.3, 0.4) is 0 Å². The molecule has 1 N–H and O–H groups in total. The molecule has 0 fully saturated rings. The van der Waals surface area contributed by atoms with Crippen LogP contribution in [0.4, 0.5) is 5.69 Å². The molecule has 2 aromatic rings. The number of halogens is 1. The normalized spacial score (nSPS) is 10.2. The van der Waals surface area contributed by atoms with Crippen molar-refractivity contribution in [3.8, 4) is 5.75 Å². The Balaban J connectivity index is 1.78. The maximum Gasteiger partial charge on any atom is 0.291 e. The zero-order chi connectivity index (χ0) is 16.7. The molecule has 1 amide bonds. The van der Waals surface area contributed by atoms with E-state index in [1.54, 1.807) is 31.4 Å². The zero-order valence-electron chi connectivity index (χ0n) is 12.8. The number of hydrogen-bond donors (Lipinski definition) is 1. The Hall–Kier alpha value is -2.33. The fraction of sp³-hybridized carbons (Fsp3) is 0.222. The summed E-state index contributed by atoms with van der Waals surface area (Å²) in [5, 5.41) is 3.07. The number of anilines is 1.